The van der Waals surface area contributed by atoms with Crippen molar-refractivity contribution in [2.45, 2.75) is 19.3 Å². The summed E-state index contributed by atoms with van der Waals surface area (Å²) in [5.74, 6) is -4.63. The Bertz CT molecular complexity index is 454. The fourth-order valence-corrected chi connectivity index (χ4v) is 1.75. The average Bonchev–Trinajstić information content (AvgIpc) is 2.77. The van der Waals surface area contributed by atoms with Gasteiger partial charge < -0.3 is 0 Å². The summed E-state index contributed by atoms with van der Waals surface area (Å²) in [5, 5.41) is 0. The van der Waals surface area contributed by atoms with E-state index in [2.05, 4.69) is 0 Å². The lowest BCUT2D eigenvalue weighted by molar-refractivity contribution is 0.103. The summed E-state index contributed by atoms with van der Waals surface area (Å²) in [6, 6.07) is 1.47. The molecule has 0 spiro atoms. The zero-order valence-electron chi connectivity index (χ0n) is 8.40. The van der Waals surface area contributed by atoms with Gasteiger partial charge in [-0.1, -0.05) is 6.08 Å². The van der Waals surface area contributed by atoms with Gasteiger partial charge in [0, 0.05) is 5.56 Å². The van der Waals surface area contributed by atoms with Crippen LogP contribution in [-0.2, 0) is 0 Å². The Labute approximate surface area is 90.6 Å². The fraction of sp³-hybridized carbons (Fsp3) is 0.250. The summed E-state index contributed by atoms with van der Waals surface area (Å²) >= 11 is 0. The zero-order chi connectivity index (χ0) is 11.7. The molecule has 0 radical (unpaired) electrons. The number of halogens is 3. The highest BCUT2D eigenvalue weighted by atomic mass is 19.2. The number of hydrogen-bond donors (Lipinski definition) is 0. The molecule has 84 valence electrons. The van der Waals surface area contributed by atoms with E-state index in [9.17, 15) is 18.0 Å². The molecule has 4 heteroatoms. The van der Waals surface area contributed by atoms with Gasteiger partial charge in [-0.05, 0) is 37.0 Å². The third-order valence-corrected chi connectivity index (χ3v) is 2.58. The summed E-state index contributed by atoms with van der Waals surface area (Å²) in [5.41, 5.74) is 0.412. The van der Waals surface area contributed by atoms with Gasteiger partial charge in [0.1, 0.15) is 0 Å². The van der Waals surface area contributed by atoms with E-state index in [-0.39, 0.29) is 5.56 Å². The smallest absolute Gasteiger partial charge is 0.194 e. The standard InChI is InChI=1S/C12H9F3O/c13-9-5-8(6-10(14)11(9)15)12(16)7-3-1-2-4-7/h3,5-6H,1-2,4H2. The lowest BCUT2D eigenvalue weighted by Crippen LogP contribution is -2.04. The van der Waals surface area contributed by atoms with Crippen LogP contribution in [-0.4, -0.2) is 5.78 Å². The lowest BCUT2D eigenvalue weighted by atomic mass is 10.0. The van der Waals surface area contributed by atoms with Crippen LogP contribution in [0.4, 0.5) is 13.2 Å². The van der Waals surface area contributed by atoms with Crippen molar-refractivity contribution < 1.29 is 18.0 Å². The Hall–Kier alpha value is -1.58. The van der Waals surface area contributed by atoms with Gasteiger partial charge >= 0.3 is 0 Å². The third kappa shape index (κ3) is 1.87. The first kappa shape index (κ1) is 10.9. The number of ketones is 1. The number of Topliss-reactive ketones (excluding diaryl/α,β-unsaturated/α-hetero) is 1. The monoisotopic (exact) mass is 226 g/mol. The first-order valence-electron chi connectivity index (χ1n) is 4.98. The number of allylic oxidation sites excluding steroid dienone is 2. The lowest BCUT2D eigenvalue weighted by Gasteiger charge is -2.03. The average molecular weight is 226 g/mol. The molecule has 0 amide bonds. The summed E-state index contributed by atoms with van der Waals surface area (Å²) < 4.78 is 38.5. The Morgan fingerprint density at radius 1 is 1.12 bits per heavy atom. The predicted octanol–water partition coefficient (Wildman–Crippen LogP) is 3.40. The quantitative estimate of drug-likeness (QED) is 0.558. The second-order valence-corrected chi connectivity index (χ2v) is 3.70. The van der Waals surface area contributed by atoms with Crippen molar-refractivity contribution in [3.8, 4) is 0 Å². The fourth-order valence-electron chi connectivity index (χ4n) is 1.75. The van der Waals surface area contributed by atoms with E-state index < -0.39 is 23.2 Å². The largest absolute Gasteiger partial charge is 0.289 e. The molecule has 0 unspecified atom stereocenters. The minimum atomic E-state index is -1.54. The van der Waals surface area contributed by atoms with Gasteiger partial charge in [-0.2, -0.15) is 0 Å². The molecule has 0 heterocycles. The molecule has 0 saturated carbocycles. The number of benzene rings is 1. The van der Waals surface area contributed by atoms with E-state index in [0.29, 0.717) is 12.0 Å². The topological polar surface area (TPSA) is 17.1 Å². The molecule has 1 aromatic rings. The summed E-state index contributed by atoms with van der Waals surface area (Å²) in [4.78, 5) is 11.7. The molecular weight excluding hydrogens is 217 g/mol. The van der Waals surface area contributed by atoms with E-state index in [4.69, 9.17) is 0 Å². The van der Waals surface area contributed by atoms with Gasteiger partial charge in [0.25, 0.3) is 0 Å². The minimum Gasteiger partial charge on any atom is -0.289 e. The zero-order valence-corrected chi connectivity index (χ0v) is 8.40. The van der Waals surface area contributed by atoms with Crippen LogP contribution >= 0.6 is 0 Å². The maximum Gasteiger partial charge on any atom is 0.194 e. The van der Waals surface area contributed by atoms with E-state index >= 15 is 0 Å². The number of carbonyl (C=O) groups is 1. The van der Waals surface area contributed by atoms with E-state index in [1.807, 2.05) is 0 Å². The Kier molecular flexibility index (Phi) is 2.81. The molecule has 1 aliphatic carbocycles. The molecule has 0 fully saturated rings. The van der Waals surface area contributed by atoms with Gasteiger partial charge in [-0.3, -0.25) is 4.79 Å². The van der Waals surface area contributed by atoms with Crippen LogP contribution in [0.15, 0.2) is 23.8 Å². The van der Waals surface area contributed by atoms with Crippen molar-refractivity contribution in [3.63, 3.8) is 0 Å². The molecule has 1 aliphatic rings. The molecule has 0 saturated heterocycles. The molecule has 2 rings (SSSR count). The maximum absolute atomic E-state index is 12.9. The van der Waals surface area contributed by atoms with Crippen molar-refractivity contribution in [1.82, 2.24) is 0 Å². The van der Waals surface area contributed by atoms with Gasteiger partial charge in [-0.25, -0.2) is 13.2 Å². The van der Waals surface area contributed by atoms with E-state index in [1.165, 1.54) is 0 Å². The molecule has 0 N–H and O–H groups in total. The third-order valence-electron chi connectivity index (χ3n) is 2.58. The molecule has 0 aromatic heterocycles. The van der Waals surface area contributed by atoms with Crippen LogP contribution in [0.3, 0.4) is 0 Å². The van der Waals surface area contributed by atoms with E-state index in [0.717, 1.165) is 25.0 Å². The molecule has 16 heavy (non-hydrogen) atoms. The highest BCUT2D eigenvalue weighted by Gasteiger charge is 2.19. The highest BCUT2D eigenvalue weighted by molar-refractivity contribution is 6.08. The van der Waals surface area contributed by atoms with Crippen LogP contribution in [0.1, 0.15) is 29.6 Å². The van der Waals surface area contributed by atoms with Crippen LogP contribution in [0.25, 0.3) is 0 Å². The second kappa shape index (κ2) is 4.12. The van der Waals surface area contributed by atoms with Crippen LogP contribution in [0.2, 0.25) is 0 Å². The van der Waals surface area contributed by atoms with Crippen LogP contribution < -0.4 is 0 Å². The first-order chi connectivity index (χ1) is 7.59. The molecule has 0 aliphatic heterocycles. The summed E-state index contributed by atoms with van der Waals surface area (Å²) in [7, 11) is 0. The Morgan fingerprint density at radius 3 is 2.25 bits per heavy atom. The molecule has 0 bridgehead atoms. The summed E-state index contributed by atoms with van der Waals surface area (Å²) in [6.45, 7) is 0. The molecule has 0 atom stereocenters. The van der Waals surface area contributed by atoms with Crippen molar-refractivity contribution in [3.05, 3.63) is 46.8 Å². The van der Waals surface area contributed by atoms with Gasteiger partial charge in [0.15, 0.2) is 23.2 Å². The van der Waals surface area contributed by atoms with Crippen LogP contribution in [0.5, 0.6) is 0 Å². The maximum atomic E-state index is 12.9. The Balaban J connectivity index is 2.37. The van der Waals surface area contributed by atoms with Crippen molar-refractivity contribution >= 4 is 5.78 Å². The van der Waals surface area contributed by atoms with Crippen molar-refractivity contribution in [2.75, 3.05) is 0 Å². The van der Waals surface area contributed by atoms with E-state index in [1.54, 1.807) is 6.08 Å². The minimum absolute atomic E-state index is 0.135. The SMILES string of the molecule is O=C(C1=CCCC1)c1cc(F)c(F)c(F)c1. The number of rotatable bonds is 2. The van der Waals surface area contributed by atoms with Gasteiger partial charge in [-0.15, -0.1) is 0 Å². The molecular formula is C12H9F3O. The molecule has 1 nitrogen and oxygen atoms in total. The van der Waals surface area contributed by atoms with Gasteiger partial charge in [0.05, 0.1) is 0 Å². The first-order valence-corrected chi connectivity index (χ1v) is 4.98. The van der Waals surface area contributed by atoms with Crippen molar-refractivity contribution in [2.24, 2.45) is 0 Å². The van der Waals surface area contributed by atoms with Crippen molar-refractivity contribution in [1.29, 1.82) is 0 Å². The number of hydrogen-bond acceptors (Lipinski definition) is 1. The van der Waals surface area contributed by atoms with Crippen LogP contribution in [0, 0.1) is 17.5 Å². The highest BCUT2D eigenvalue weighted by Crippen LogP contribution is 2.23. The predicted molar refractivity (Wildman–Crippen MR) is 52.6 cm³/mol. The van der Waals surface area contributed by atoms with Gasteiger partial charge in [0.2, 0.25) is 0 Å². The molecule has 1 aromatic carbocycles. The Morgan fingerprint density at radius 2 is 1.75 bits per heavy atom. The normalized spacial score (nSPS) is 15.1. The summed E-state index contributed by atoms with van der Waals surface area (Å²) in [6.07, 6.45) is 4.03. The number of carbonyl (C=O) groups excluding carboxylic acids is 1. The second-order valence-electron chi connectivity index (χ2n) is 3.70.